The van der Waals surface area contributed by atoms with E-state index in [0.717, 1.165) is 19.3 Å². The Morgan fingerprint density at radius 3 is 2.00 bits per heavy atom. The van der Waals surface area contributed by atoms with Gasteiger partial charge >= 0.3 is 0 Å². The van der Waals surface area contributed by atoms with Gasteiger partial charge in [0.2, 0.25) is 15.9 Å². The van der Waals surface area contributed by atoms with E-state index in [9.17, 15) is 13.2 Å². The molecule has 6 nitrogen and oxygen atoms in total. The van der Waals surface area contributed by atoms with Crippen LogP contribution in [0.5, 0.6) is 0 Å². The van der Waals surface area contributed by atoms with Crippen molar-refractivity contribution < 1.29 is 13.2 Å². The Balaban J connectivity index is 2.73. The van der Waals surface area contributed by atoms with Gasteiger partial charge < -0.3 is 9.80 Å². The first-order valence-corrected chi connectivity index (χ1v) is 8.31. The fourth-order valence-electron chi connectivity index (χ4n) is 2.13. The summed E-state index contributed by atoms with van der Waals surface area (Å²) in [5.41, 5.74) is -0.587. The number of likely N-dealkylation sites (N-methyl/N-ethyl adjacent to an activating group) is 1. The number of amides is 1. The van der Waals surface area contributed by atoms with Gasteiger partial charge in [-0.25, -0.2) is 8.42 Å². The van der Waals surface area contributed by atoms with Crippen molar-refractivity contribution >= 4 is 15.9 Å². The number of sulfonamides is 1. The van der Waals surface area contributed by atoms with Crippen LogP contribution in [-0.4, -0.2) is 80.0 Å². The number of carbonyl (C=O) groups is 1. The van der Waals surface area contributed by atoms with Crippen LogP contribution < -0.4 is 0 Å². The molecule has 1 rings (SSSR count). The number of rotatable bonds is 3. The van der Waals surface area contributed by atoms with Crippen molar-refractivity contribution in [3.05, 3.63) is 0 Å². The zero-order chi connectivity index (χ0) is 14.8. The van der Waals surface area contributed by atoms with Crippen LogP contribution in [0.4, 0.5) is 0 Å². The monoisotopic (exact) mass is 291 g/mol. The highest BCUT2D eigenvalue weighted by Gasteiger charge is 2.33. The Hall–Kier alpha value is -0.660. The molecule has 0 saturated carbocycles. The molecule has 1 aliphatic heterocycles. The van der Waals surface area contributed by atoms with E-state index in [1.807, 2.05) is 7.05 Å². The lowest BCUT2D eigenvalue weighted by Gasteiger charge is -2.37. The predicted octanol–water partition coefficient (Wildman–Crippen LogP) is -0.179. The van der Waals surface area contributed by atoms with Gasteiger partial charge in [0.25, 0.3) is 0 Å². The molecular weight excluding hydrogens is 266 g/mol. The number of hydrogen-bond acceptors (Lipinski definition) is 4. The van der Waals surface area contributed by atoms with Crippen molar-refractivity contribution in [2.24, 2.45) is 0 Å². The predicted molar refractivity (Wildman–Crippen MR) is 75.4 cm³/mol. The fourth-order valence-corrected chi connectivity index (χ4v) is 3.47. The molecule has 0 radical (unpaired) electrons. The number of nitrogens with zero attached hydrogens (tertiary/aromatic N) is 3. The molecule has 19 heavy (non-hydrogen) atoms. The van der Waals surface area contributed by atoms with E-state index in [1.54, 1.807) is 25.7 Å². The van der Waals surface area contributed by atoms with Gasteiger partial charge in [0.15, 0.2) is 0 Å². The van der Waals surface area contributed by atoms with Crippen LogP contribution in [0.15, 0.2) is 0 Å². The molecule has 1 saturated heterocycles. The maximum atomic E-state index is 12.2. The molecule has 1 amide bonds. The summed E-state index contributed by atoms with van der Waals surface area (Å²) in [7, 11) is -1.38. The molecule has 0 aromatic heterocycles. The van der Waals surface area contributed by atoms with Crippen LogP contribution in [0.3, 0.4) is 0 Å². The van der Waals surface area contributed by atoms with E-state index in [4.69, 9.17) is 0 Å². The Bertz CT molecular complexity index is 420. The second-order valence-corrected chi connectivity index (χ2v) is 8.03. The number of carbonyl (C=O) groups excluding carboxylic acids is 1. The van der Waals surface area contributed by atoms with Crippen molar-refractivity contribution in [1.29, 1.82) is 0 Å². The largest absolute Gasteiger partial charge is 0.339 e. The summed E-state index contributed by atoms with van der Waals surface area (Å²) in [4.78, 5) is 16.1. The van der Waals surface area contributed by atoms with E-state index in [1.165, 1.54) is 4.31 Å². The summed E-state index contributed by atoms with van der Waals surface area (Å²) in [6.07, 6.45) is 1.15. The van der Waals surface area contributed by atoms with Gasteiger partial charge in [-0.05, 0) is 27.8 Å². The van der Waals surface area contributed by atoms with Gasteiger partial charge in [-0.15, -0.1) is 0 Å². The highest BCUT2D eigenvalue weighted by atomic mass is 32.2. The van der Waals surface area contributed by atoms with E-state index < -0.39 is 15.6 Å². The lowest BCUT2D eigenvalue weighted by molar-refractivity contribution is -0.133. The van der Waals surface area contributed by atoms with Crippen molar-refractivity contribution in [2.75, 3.05) is 46.0 Å². The maximum absolute atomic E-state index is 12.2. The number of hydrogen-bond donors (Lipinski definition) is 0. The Kier molecular flexibility index (Phi) is 4.97. The minimum Gasteiger partial charge on any atom is -0.339 e. The van der Waals surface area contributed by atoms with Gasteiger partial charge in [0.05, 0.1) is 12.8 Å². The minimum atomic E-state index is -3.39. The maximum Gasteiger partial charge on any atom is 0.238 e. The van der Waals surface area contributed by atoms with Gasteiger partial charge in [0.1, 0.15) is 0 Å². The molecule has 7 heteroatoms. The Morgan fingerprint density at radius 1 is 1.16 bits per heavy atom. The molecule has 0 unspecified atom stereocenters. The minimum absolute atomic E-state index is 0.0773. The number of piperazine rings is 1. The molecule has 1 fully saturated rings. The Labute approximate surface area is 116 Å². The summed E-state index contributed by atoms with van der Waals surface area (Å²) in [6.45, 7) is 8.31. The molecule has 0 spiro atoms. The fraction of sp³-hybridized carbons (Fsp3) is 0.917. The highest BCUT2D eigenvalue weighted by molar-refractivity contribution is 7.88. The molecular formula is C12H25N3O3S. The first kappa shape index (κ1) is 16.4. The van der Waals surface area contributed by atoms with Gasteiger partial charge in [-0.1, -0.05) is 0 Å². The summed E-state index contributed by atoms with van der Waals surface area (Å²) < 4.78 is 24.9. The van der Waals surface area contributed by atoms with Crippen LogP contribution in [0.1, 0.15) is 20.8 Å². The molecule has 112 valence electrons. The molecule has 0 aliphatic carbocycles. The average Bonchev–Trinajstić information content (AvgIpc) is 2.23. The van der Waals surface area contributed by atoms with Crippen molar-refractivity contribution in [2.45, 2.75) is 26.3 Å². The lowest BCUT2D eigenvalue weighted by atomic mass is 10.1. The van der Waals surface area contributed by atoms with Crippen LogP contribution in [0.25, 0.3) is 0 Å². The quantitative estimate of drug-likeness (QED) is 0.724. The van der Waals surface area contributed by atoms with Gasteiger partial charge in [-0.3, -0.25) is 4.79 Å². The first-order valence-electron chi connectivity index (χ1n) is 6.46. The Morgan fingerprint density at radius 2 is 1.63 bits per heavy atom. The molecule has 0 N–H and O–H groups in total. The first-order chi connectivity index (χ1) is 8.51. The summed E-state index contributed by atoms with van der Waals surface area (Å²) >= 11 is 0. The summed E-state index contributed by atoms with van der Waals surface area (Å²) in [5.74, 6) is -0.117. The summed E-state index contributed by atoms with van der Waals surface area (Å²) in [5, 5.41) is 0. The SMILES string of the molecule is CN1CCN(C(=O)CN(C(C)(C)C)S(C)(=O)=O)CC1. The highest BCUT2D eigenvalue weighted by Crippen LogP contribution is 2.17. The lowest BCUT2D eigenvalue weighted by Crippen LogP contribution is -2.54. The topological polar surface area (TPSA) is 60.9 Å². The molecule has 0 aromatic carbocycles. The molecule has 0 atom stereocenters. The van der Waals surface area contributed by atoms with Gasteiger partial charge in [0, 0.05) is 31.7 Å². The average molecular weight is 291 g/mol. The third-order valence-corrected chi connectivity index (χ3v) is 4.76. The van der Waals surface area contributed by atoms with Crippen LogP contribution in [-0.2, 0) is 14.8 Å². The van der Waals surface area contributed by atoms with E-state index >= 15 is 0 Å². The molecule has 0 aromatic rings. The molecule has 1 heterocycles. The van der Waals surface area contributed by atoms with E-state index in [2.05, 4.69) is 4.90 Å². The van der Waals surface area contributed by atoms with Crippen molar-refractivity contribution in [3.8, 4) is 0 Å². The van der Waals surface area contributed by atoms with Crippen molar-refractivity contribution in [1.82, 2.24) is 14.1 Å². The van der Waals surface area contributed by atoms with E-state index in [-0.39, 0.29) is 12.5 Å². The summed E-state index contributed by atoms with van der Waals surface area (Å²) in [6, 6.07) is 0. The normalized spacial score (nSPS) is 18.9. The van der Waals surface area contributed by atoms with Crippen LogP contribution in [0, 0.1) is 0 Å². The zero-order valence-electron chi connectivity index (χ0n) is 12.5. The van der Waals surface area contributed by atoms with Crippen LogP contribution >= 0.6 is 0 Å². The van der Waals surface area contributed by atoms with Crippen LogP contribution in [0.2, 0.25) is 0 Å². The van der Waals surface area contributed by atoms with Crippen molar-refractivity contribution in [3.63, 3.8) is 0 Å². The van der Waals surface area contributed by atoms with Gasteiger partial charge in [-0.2, -0.15) is 4.31 Å². The standard InChI is InChI=1S/C12H25N3O3S/c1-12(2,3)15(19(5,17)18)10-11(16)14-8-6-13(4)7-9-14/h6-10H2,1-5H3. The molecule has 1 aliphatic rings. The second kappa shape index (κ2) is 5.76. The van der Waals surface area contributed by atoms with E-state index in [0.29, 0.717) is 13.1 Å². The third-order valence-electron chi connectivity index (χ3n) is 3.28. The third kappa shape index (κ3) is 4.74. The molecule has 0 bridgehead atoms. The zero-order valence-corrected chi connectivity index (χ0v) is 13.3. The smallest absolute Gasteiger partial charge is 0.238 e. The second-order valence-electron chi connectivity index (χ2n) is 6.12.